The van der Waals surface area contributed by atoms with E-state index < -0.39 is 5.82 Å². The van der Waals surface area contributed by atoms with Crippen LogP contribution in [0.15, 0.2) is 41.6 Å². The van der Waals surface area contributed by atoms with Crippen molar-refractivity contribution in [2.24, 2.45) is 0 Å². The van der Waals surface area contributed by atoms with Crippen LogP contribution in [0.5, 0.6) is 0 Å². The molecule has 26 heavy (non-hydrogen) atoms. The van der Waals surface area contributed by atoms with Gasteiger partial charge in [-0.3, -0.25) is 4.79 Å². The number of benzene rings is 2. The molecule has 6 nitrogen and oxygen atoms in total. The van der Waals surface area contributed by atoms with Crippen LogP contribution in [0, 0.1) is 19.7 Å². The second kappa shape index (κ2) is 7.84. The molecule has 0 aliphatic rings. The van der Waals surface area contributed by atoms with Gasteiger partial charge in [0.2, 0.25) is 11.1 Å². The maximum absolute atomic E-state index is 13.1. The zero-order valence-electron chi connectivity index (χ0n) is 14.0. The molecule has 0 unspecified atom stereocenters. The molecule has 0 fully saturated rings. The van der Waals surface area contributed by atoms with Crippen molar-refractivity contribution in [3.05, 3.63) is 58.4 Å². The van der Waals surface area contributed by atoms with Gasteiger partial charge in [0.25, 0.3) is 0 Å². The molecule has 0 atom stereocenters. The van der Waals surface area contributed by atoms with Crippen molar-refractivity contribution in [2.45, 2.75) is 19.0 Å². The fraction of sp³-hybridized carbons (Fsp3) is 0.176. The molecule has 0 spiro atoms. The normalized spacial score (nSPS) is 10.8. The van der Waals surface area contributed by atoms with Crippen LogP contribution in [-0.4, -0.2) is 31.9 Å². The van der Waals surface area contributed by atoms with Crippen LogP contribution in [0.25, 0.3) is 5.69 Å². The Kier molecular flexibility index (Phi) is 5.53. The van der Waals surface area contributed by atoms with E-state index >= 15 is 0 Å². The number of aromatic nitrogens is 4. The van der Waals surface area contributed by atoms with E-state index in [2.05, 4.69) is 20.8 Å². The lowest BCUT2D eigenvalue weighted by Crippen LogP contribution is -2.15. The summed E-state index contributed by atoms with van der Waals surface area (Å²) < 4.78 is 14.7. The zero-order chi connectivity index (χ0) is 18.7. The second-order valence-corrected chi connectivity index (χ2v) is 6.90. The molecule has 0 saturated heterocycles. The number of carbonyl (C=O) groups is 1. The third-order valence-corrected chi connectivity index (χ3v) is 5.01. The Morgan fingerprint density at radius 1 is 1.31 bits per heavy atom. The van der Waals surface area contributed by atoms with Crippen LogP contribution in [0.2, 0.25) is 5.02 Å². The van der Waals surface area contributed by atoms with Gasteiger partial charge in [0.15, 0.2) is 0 Å². The van der Waals surface area contributed by atoms with Gasteiger partial charge in [-0.15, -0.1) is 5.10 Å². The van der Waals surface area contributed by atoms with E-state index in [1.807, 2.05) is 32.0 Å². The Morgan fingerprint density at radius 2 is 2.12 bits per heavy atom. The van der Waals surface area contributed by atoms with E-state index in [9.17, 15) is 9.18 Å². The minimum Gasteiger partial charge on any atom is -0.324 e. The number of thioether (sulfide) groups is 1. The molecule has 1 N–H and O–H groups in total. The number of nitrogens with one attached hydrogen (secondary N) is 1. The zero-order valence-corrected chi connectivity index (χ0v) is 15.6. The maximum atomic E-state index is 13.1. The Morgan fingerprint density at radius 3 is 2.88 bits per heavy atom. The molecule has 1 heterocycles. The summed E-state index contributed by atoms with van der Waals surface area (Å²) >= 11 is 7.11. The number of amides is 1. The molecule has 2 aromatic carbocycles. The standard InChI is InChI=1S/C17H15ClFN5OS/c1-10-4-3-5-15(11(10)2)24-17(21-22-23-24)26-9-16(25)20-14-7-6-12(19)8-13(14)18/h3-8H,9H2,1-2H3,(H,20,25). The van der Waals surface area contributed by atoms with Crippen molar-refractivity contribution < 1.29 is 9.18 Å². The highest BCUT2D eigenvalue weighted by atomic mass is 35.5. The number of nitrogens with zero attached hydrogens (tertiary/aromatic N) is 4. The van der Waals surface area contributed by atoms with Gasteiger partial charge in [-0.25, -0.2) is 4.39 Å². The van der Waals surface area contributed by atoms with Crippen LogP contribution >= 0.6 is 23.4 Å². The smallest absolute Gasteiger partial charge is 0.234 e. The molecule has 3 aromatic rings. The maximum Gasteiger partial charge on any atom is 0.234 e. The summed E-state index contributed by atoms with van der Waals surface area (Å²) in [7, 11) is 0. The van der Waals surface area contributed by atoms with E-state index in [1.54, 1.807) is 4.68 Å². The molecule has 134 valence electrons. The fourth-order valence-electron chi connectivity index (χ4n) is 2.29. The molecule has 0 saturated carbocycles. The number of halogens is 2. The van der Waals surface area contributed by atoms with E-state index in [-0.39, 0.29) is 16.7 Å². The third-order valence-electron chi connectivity index (χ3n) is 3.78. The van der Waals surface area contributed by atoms with Crippen LogP contribution in [-0.2, 0) is 4.79 Å². The number of rotatable bonds is 5. The summed E-state index contributed by atoms with van der Waals surface area (Å²) in [5.41, 5.74) is 3.40. The van der Waals surface area contributed by atoms with Gasteiger partial charge in [-0.2, -0.15) is 4.68 Å². The average Bonchev–Trinajstić information content (AvgIpc) is 3.06. The molecule has 0 radical (unpaired) electrons. The van der Waals surface area contributed by atoms with Crippen molar-refractivity contribution in [3.63, 3.8) is 0 Å². The second-order valence-electron chi connectivity index (χ2n) is 5.55. The van der Waals surface area contributed by atoms with Gasteiger partial charge in [-0.05, 0) is 59.7 Å². The minimum atomic E-state index is -0.463. The van der Waals surface area contributed by atoms with Gasteiger partial charge in [0, 0.05) is 0 Å². The van der Waals surface area contributed by atoms with Crippen molar-refractivity contribution in [1.29, 1.82) is 0 Å². The highest BCUT2D eigenvalue weighted by Gasteiger charge is 2.14. The summed E-state index contributed by atoms with van der Waals surface area (Å²) in [6, 6.07) is 9.65. The average molecular weight is 392 g/mol. The molecule has 0 aliphatic carbocycles. The van der Waals surface area contributed by atoms with Gasteiger partial charge in [0.05, 0.1) is 22.2 Å². The summed E-state index contributed by atoms with van der Waals surface area (Å²) in [6.07, 6.45) is 0. The topological polar surface area (TPSA) is 72.7 Å². The predicted molar refractivity (Wildman–Crippen MR) is 99.4 cm³/mol. The highest BCUT2D eigenvalue weighted by Crippen LogP contribution is 2.24. The predicted octanol–water partition coefficient (Wildman–Crippen LogP) is 3.80. The van der Waals surface area contributed by atoms with Crippen LogP contribution in [0.1, 0.15) is 11.1 Å². The minimum absolute atomic E-state index is 0.0823. The Labute approximate surface area is 158 Å². The first-order valence-corrected chi connectivity index (χ1v) is 9.04. The Bertz CT molecular complexity index is 962. The van der Waals surface area contributed by atoms with E-state index in [1.165, 1.54) is 23.9 Å². The van der Waals surface area contributed by atoms with Crippen molar-refractivity contribution in [3.8, 4) is 5.69 Å². The lowest BCUT2D eigenvalue weighted by Gasteiger charge is -2.10. The SMILES string of the molecule is Cc1cccc(-n2nnnc2SCC(=O)Nc2ccc(F)cc2Cl)c1C. The van der Waals surface area contributed by atoms with Gasteiger partial charge in [-0.1, -0.05) is 35.5 Å². The van der Waals surface area contributed by atoms with Crippen LogP contribution in [0.3, 0.4) is 0 Å². The third kappa shape index (κ3) is 4.03. The number of aryl methyl sites for hydroxylation is 1. The summed E-state index contributed by atoms with van der Waals surface area (Å²) in [6.45, 7) is 4.00. The number of carbonyl (C=O) groups excluding carboxylic acids is 1. The van der Waals surface area contributed by atoms with Gasteiger partial charge in [0.1, 0.15) is 5.82 Å². The van der Waals surface area contributed by atoms with E-state index in [0.717, 1.165) is 22.9 Å². The molecule has 0 bridgehead atoms. The lowest BCUT2D eigenvalue weighted by atomic mass is 10.1. The fourth-order valence-corrected chi connectivity index (χ4v) is 3.19. The number of anilines is 1. The largest absolute Gasteiger partial charge is 0.324 e. The summed E-state index contributed by atoms with van der Waals surface area (Å²) in [5.74, 6) is -0.673. The van der Waals surface area contributed by atoms with Crippen molar-refractivity contribution in [2.75, 3.05) is 11.1 Å². The van der Waals surface area contributed by atoms with Crippen molar-refractivity contribution in [1.82, 2.24) is 20.2 Å². The first kappa shape index (κ1) is 18.3. The Hall–Kier alpha value is -2.45. The summed E-state index contributed by atoms with van der Waals surface area (Å²) in [5, 5.41) is 15.0. The Balaban J connectivity index is 1.70. The molecule has 1 aromatic heterocycles. The van der Waals surface area contributed by atoms with E-state index in [4.69, 9.17) is 11.6 Å². The van der Waals surface area contributed by atoms with Gasteiger partial charge >= 0.3 is 0 Å². The molecule has 9 heteroatoms. The molecular formula is C17H15ClFN5OS. The van der Waals surface area contributed by atoms with E-state index in [0.29, 0.717) is 10.8 Å². The first-order chi connectivity index (χ1) is 12.5. The number of hydrogen-bond acceptors (Lipinski definition) is 5. The quantitative estimate of drug-likeness (QED) is 0.669. The molecule has 0 aliphatic heterocycles. The van der Waals surface area contributed by atoms with Crippen molar-refractivity contribution >= 4 is 35.0 Å². The molecule has 1 amide bonds. The highest BCUT2D eigenvalue weighted by molar-refractivity contribution is 7.99. The first-order valence-electron chi connectivity index (χ1n) is 7.68. The monoisotopic (exact) mass is 391 g/mol. The van der Waals surface area contributed by atoms with Gasteiger partial charge < -0.3 is 5.32 Å². The molecular weight excluding hydrogens is 377 g/mol. The lowest BCUT2D eigenvalue weighted by molar-refractivity contribution is -0.113. The number of hydrogen-bond donors (Lipinski definition) is 1. The molecule has 3 rings (SSSR count). The number of tetrazole rings is 1. The van der Waals surface area contributed by atoms with Crippen LogP contribution in [0.4, 0.5) is 10.1 Å². The summed E-state index contributed by atoms with van der Waals surface area (Å²) in [4.78, 5) is 12.2. The van der Waals surface area contributed by atoms with Crippen LogP contribution < -0.4 is 5.32 Å².